The van der Waals surface area contributed by atoms with Gasteiger partial charge in [-0.3, -0.25) is 9.69 Å². The second-order valence-electron chi connectivity index (χ2n) is 5.49. The molecule has 3 N–H and O–H groups in total. The average Bonchev–Trinajstić information content (AvgIpc) is 2.58. The molecule has 2 rings (SSSR count). The molecule has 0 unspecified atom stereocenters. The number of halogens is 2. The highest BCUT2D eigenvalue weighted by atomic mass is 19.1. The molecule has 0 aliphatic carbocycles. The zero-order valence-corrected chi connectivity index (χ0v) is 14.2. The van der Waals surface area contributed by atoms with E-state index in [9.17, 15) is 13.6 Å². The van der Waals surface area contributed by atoms with E-state index in [1.165, 1.54) is 6.07 Å². The van der Waals surface area contributed by atoms with Gasteiger partial charge < -0.3 is 20.4 Å². The van der Waals surface area contributed by atoms with Crippen LogP contribution < -0.4 is 5.32 Å². The van der Waals surface area contributed by atoms with Crippen molar-refractivity contribution in [1.29, 1.82) is 0 Å². The highest BCUT2D eigenvalue weighted by Gasteiger charge is 2.18. The zero-order chi connectivity index (χ0) is 19.7. The minimum Gasteiger partial charge on any atom is -0.473 e. The molecule has 26 heavy (non-hydrogen) atoms. The molecule has 0 radical (unpaired) electrons. The maximum Gasteiger partial charge on any atom is 0.414 e. The zero-order valence-electron chi connectivity index (χ0n) is 14.2. The topological polar surface area (TPSA) is 110 Å². The fraction of sp³-hybridized carbons (Fsp3) is 0.438. The summed E-state index contributed by atoms with van der Waals surface area (Å²) in [7, 11) is 0. The van der Waals surface area contributed by atoms with Crippen LogP contribution in [0.15, 0.2) is 18.2 Å². The first-order valence-electron chi connectivity index (χ1n) is 7.88. The van der Waals surface area contributed by atoms with Crippen LogP contribution in [0.3, 0.4) is 0 Å². The molecule has 1 aromatic carbocycles. The maximum atomic E-state index is 13.4. The van der Waals surface area contributed by atoms with Gasteiger partial charge in [0.2, 0.25) is 5.91 Å². The van der Waals surface area contributed by atoms with Crippen molar-refractivity contribution in [3.63, 3.8) is 0 Å². The monoisotopic (exact) mass is 373 g/mol. The van der Waals surface area contributed by atoms with E-state index in [1.54, 1.807) is 0 Å². The van der Waals surface area contributed by atoms with E-state index in [-0.39, 0.29) is 18.1 Å². The molecule has 0 atom stereocenters. The molecule has 8 nitrogen and oxygen atoms in total. The number of nitrogens with one attached hydrogen (secondary N) is 1. The Morgan fingerprint density at radius 2 is 1.58 bits per heavy atom. The van der Waals surface area contributed by atoms with E-state index in [0.717, 1.165) is 44.9 Å². The van der Waals surface area contributed by atoms with Crippen LogP contribution in [0.2, 0.25) is 0 Å². The number of nitrogens with zero attached hydrogens (tertiary/aromatic N) is 2. The molecular formula is C16H21F2N3O5. The van der Waals surface area contributed by atoms with E-state index in [4.69, 9.17) is 19.8 Å². The highest BCUT2D eigenvalue weighted by Crippen LogP contribution is 2.14. The lowest BCUT2D eigenvalue weighted by atomic mass is 10.3. The standard InChI is InChI=1S/C14H19F2N3O.C2H2O4/c1-2-18-5-7-19(8-6-18)10-14(20)17-13-4-3-11(15)9-12(13)16;3-1(4)2(5)6/h3-4,9H,2,5-8,10H2,1H3,(H,17,20);(H,3,4)(H,5,6). The van der Waals surface area contributed by atoms with Gasteiger partial charge in [0.05, 0.1) is 12.2 Å². The second kappa shape index (κ2) is 10.4. The fourth-order valence-corrected chi connectivity index (χ4v) is 2.25. The second-order valence-corrected chi connectivity index (χ2v) is 5.49. The molecule has 0 bridgehead atoms. The van der Waals surface area contributed by atoms with Crippen LogP contribution in [0.4, 0.5) is 14.5 Å². The average molecular weight is 373 g/mol. The Bertz CT molecular complexity index is 637. The lowest BCUT2D eigenvalue weighted by Gasteiger charge is -2.33. The van der Waals surface area contributed by atoms with Crippen molar-refractivity contribution < 1.29 is 33.4 Å². The third-order valence-corrected chi connectivity index (χ3v) is 3.67. The molecule has 1 fully saturated rings. The molecule has 1 aliphatic rings. The van der Waals surface area contributed by atoms with Crippen molar-refractivity contribution in [1.82, 2.24) is 9.80 Å². The van der Waals surface area contributed by atoms with Crippen LogP contribution in [0.5, 0.6) is 0 Å². The summed E-state index contributed by atoms with van der Waals surface area (Å²) >= 11 is 0. The summed E-state index contributed by atoms with van der Waals surface area (Å²) in [6.07, 6.45) is 0. The van der Waals surface area contributed by atoms with Crippen LogP contribution >= 0.6 is 0 Å². The number of carbonyl (C=O) groups is 3. The number of benzene rings is 1. The molecule has 1 aromatic rings. The third-order valence-electron chi connectivity index (χ3n) is 3.67. The minimum absolute atomic E-state index is 0.0172. The van der Waals surface area contributed by atoms with Gasteiger partial charge in [-0.1, -0.05) is 6.92 Å². The van der Waals surface area contributed by atoms with Crippen LogP contribution in [0, 0.1) is 11.6 Å². The Morgan fingerprint density at radius 1 is 1.04 bits per heavy atom. The fourth-order valence-electron chi connectivity index (χ4n) is 2.25. The van der Waals surface area contributed by atoms with Gasteiger partial charge in [0.1, 0.15) is 11.6 Å². The number of hydrogen-bond acceptors (Lipinski definition) is 5. The van der Waals surface area contributed by atoms with Crippen molar-refractivity contribution in [3.8, 4) is 0 Å². The number of carboxylic acids is 2. The van der Waals surface area contributed by atoms with Gasteiger partial charge in [-0.05, 0) is 18.7 Å². The molecule has 0 saturated carbocycles. The van der Waals surface area contributed by atoms with Crippen molar-refractivity contribution in [2.45, 2.75) is 6.92 Å². The van der Waals surface area contributed by atoms with Gasteiger partial charge in [-0.25, -0.2) is 18.4 Å². The van der Waals surface area contributed by atoms with Gasteiger partial charge in [-0.2, -0.15) is 0 Å². The lowest BCUT2D eigenvalue weighted by Crippen LogP contribution is -2.48. The predicted octanol–water partition coefficient (Wildman–Crippen LogP) is 0.696. The summed E-state index contributed by atoms with van der Waals surface area (Å²) in [5.41, 5.74) is 0.0172. The van der Waals surface area contributed by atoms with E-state index >= 15 is 0 Å². The summed E-state index contributed by atoms with van der Waals surface area (Å²) in [4.78, 5) is 34.4. The van der Waals surface area contributed by atoms with Crippen LogP contribution in [0.25, 0.3) is 0 Å². The summed E-state index contributed by atoms with van der Waals surface area (Å²) in [5, 5.41) is 17.3. The number of hydrogen-bond donors (Lipinski definition) is 3. The van der Waals surface area contributed by atoms with Crippen molar-refractivity contribution >= 4 is 23.5 Å². The molecule has 0 spiro atoms. The maximum absolute atomic E-state index is 13.4. The molecule has 1 heterocycles. The molecule has 10 heteroatoms. The van der Waals surface area contributed by atoms with E-state index in [2.05, 4.69) is 17.1 Å². The molecule has 0 aromatic heterocycles. The SMILES string of the molecule is CCN1CCN(CC(=O)Nc2ccc(F)cc2F)CC1.O=C(O)C(=O)O. The first-order chi connectivity index (χ1) is 12.2. The number of likely N-dealkylation sites (N-methyl/N-ethyl adjacent to an activating group) is 1. The van der Waals surface area contributed by atoms with Crippen molar-refractivity contribution in [2.75, 3.05) is 44.6 Å². The quantitative estimate of drug-likeness (QED) is 0.666. The van der Waals surface area contributed by atoms with Gasteiger partial charge in [0, 0.05) is 32.2 Å². The Kier molecular flexibility index (Phi) is 8.59. The van der Waals surface area contributed by atoms with Gasteiger partial charge in [0.25, 0.3) is 0 Å². The van der Waals surface area contributed by atoms with Gasteiger partial charge in [0.15, 0.2) is 0 Å². The summed E-state index contributed by atoms with van der Waals surface area (Å²) < 4.78 is 26.2. The Morgan fingerprint density at radius 3 is 2.04 bits per heavy atom. The van der Waals surface area contributed by atoms with Crippen molar-refractivity contribution in [2.24, 2.45) is 0 Å². The Hall–Kier alpha value is -2.59. The normalized spacial score (nSPS) is 14.9. The number of amides is 1. The number of carbonyl (C=O) groups excluding carboxylic acids is 1. The van der Waals surface area contributed by atoms with Crippen molar-refractivity contribution in [3.05, 3.63) is 29.8 Å². The molecular weight excluding hydrogens is 352 g/mol. The van der Waals surface area contributed by atoms with Crippen LogP contribution in [-0.2, 0) is 14.4 Å². The summed E-state index contributed by atoms with van der Waals surface area (Å²) in [5.74, 6) is -5.34. The Labute approximate surface area is 149 Å². The minimum atomic E-state index is -1.82. The van der Waals surface area contributed by atoms with Crippen LogP contribution in [0.1, 0.15) is 6.92 Å². The number of rotatable bonds is 4. The van der Waals surface area contributed by atoms with Crippen LogP contribution in [-0.4, -0.2) is 77.1 Å². The van der Waals surface area contributed by atoms with Gasteiger partial charge in [-0.15, -0.1) is 0 Å². The third kappa shape index (κ3) is 7.53. The smallest absolute Gasteiger partial charge is 0.414 e. The number of aliphatic carboxylic acids is 2. The summed E-state index contributed by atoms with van der Waals surface area (Å²) in [6, 6.07) is 3.12. The van der Waals surface area contributed by atoms with Gasteiger partial charge >= 0.3 is 11.9 Å². The molecule has 144 valence electrons. The van der Waals surface area contributed by atoms with E-state index in [0.29, 0.717) is 0 Å². The van der Waals surface area contributed by atoms with E-state index < -0.39 is 23.6 Å². The first-order valence-corrected chi connectivity index (χ1v) is 7.88. The highest BCUT2D eigenvalue weighted by molar-refractivity contribution is 6.27. The molecule has 1 saturated heterocycles. The summed E-state index contributed by atoms with van der Waals surface area (Å²) in [6.45, 7) is 6.89. The Balaban J connectivity index is 0.000000487. The largest absolute Gasteiger partial charge is 0.473 e. The lowest BCUT2D eigenvalue weighted by molar-refractivity contribution is -0.159. The number of piperazine rings is 1. The number of carboxylic acid groups (broad SMARTS) is 2. The molecule has 1 amide bonds. The van der Waals surface area contributed by atoms with E-state index in [1.807, 2.05) is 4.90 Å². The number of anilines is 1. The first kappa shape index (κ1) is 21.5. The molecule has 1 aliphatic heterocycles. The predicted molar refractivity (Wildman–Crippen MR) is 88.8 cm³/mol.